The minimum absolute atomic E-state index is 0.0557. The van der Waals surface area contributed by atoms with E-state index in [1.807, 2.05) is 36.6 Å². The zero-order chi connectivity index (χ0) is 13.7. The molecule has 19 heavy (non-hydrogen) atoms. The van der Waals surface area contributed by atoms with Crippen LogP contribution in [0.25, 0.3) is 0 Å². The van der Waals surface area contributed by atoms with Gasteiger partial charge in [0.1, 0.15) is 0 Å². The second-order valence-corrected chi connectivity index (χ2v) is 5.32. The van der Waals surface area contributed by atoms with Crippen molar-refractivity contribution < 1.29 is 9.90 Å². The fraction of sp³-hybridized carbons (Fsp3) is 0.286. The number of pyridine rings is 1. The average Bonchev–Trinajstić information content (AvgIpc) is 2.92. The summed E-state index contributed by atoms with van der Waals surface area (Å²) < 4.78 is 0. The van der Waals surface area contributed by atoms with Crippen LogP contribution >= 0.6 is 11.3 Å². The van der Waals surface area contributed by atoms with Crippen molar-refractivity contribution in [3.63, 3.8) is 0 Å². The van der Waals surface area contributed by atoms with E-state index < -0.39 is 5.97 Å². The Kier molecular flexibility index (Phi) is 4.65. The highest BCUT2D eigenvalue weighted by molar-refractivity contribution is 7.10. The van der Waals surface area contributed by atoms with E-state index in [1.54, 1.807) is 23.7 Å². The van der Waals surface area contributed by atoms with Gasteiger partial charge in [-0.1, -0.05) is 12.1 Å². The molecule has 2 rings (SSSR count). The number of rotatable bonds is 6. The fourth-order valence-corrected chi connectivity index (χ4v) is 2.72. The lowest BCUT2D eigenvalue weighted by Crippen LogP contribution is -2.26. The molecule has 0 amide bonds. The molecule has 0 aliphatic rings. The molecule has 0 aliphatic carbocycles. The Balaban J connectivity index is 2.10. The van der Waals surface area contributed by atoms with Gasteiger partial charge in [-0.2, -0.15) is 0 Å². The van der Waals surface area contributed by atoms with E-state index in [-0.39, 0.29) is 18.5 Å². The molecule has 2 heterocycles. The summed E-state index contributed by atoms with van der Waals surface area (Å²) in [4.78, 5) is 16.1. The van der Waals surface area contributed by atoms with Crippen LogP contribution in [0.2, 0.25) is 0 Å². The molecule has 0 aliphatic heterocycles. The van der Waals surface area contributed by atoms with Crippen molar-refractivity contribution >= 4 is 17.3 Å². The minimum Gasteiger partial charge on any atom is -0.481 e. The van der Waals surface area contributed by atoms with E-state index in [1.165, 1.54) is 0 Å². The first-order valence-corrected chi connectivity index (χ1v) is 6.96. The molecule has 0 aromatic carbocycles. The molecule has 0 bridgehead atoms. The number of nitrogens with zero attached hydrogens (tertiary/aromatic N) is 1. The van der Waals surface area contributed by atoms with Crippen molar-refractivity contribution in [2.75, 3.05) is 0 Å². The van der Waals surface area contributed by atoms with Crippen LogP contribution in [0.1, 0.15) is 35.9 Å². The summed E-state index contributed by atoms with van der Waals surface area (Å²) in [6, 6.07) is 7.64. The number of carboxylic acid groups (broad SMARTS) is 1. The SMILES string of the molecule is CC(NC(CC(=O)O)c1cccs1)c1cccnc1. The molecule has 2 aromatic heterocycles. The molecule has 0 saturated carbocycles. The second kappa shape index (κ2) is 6.45. The molecule has 0 spiro atoms. The van der Waals surface area contributed by atoms with Crippen LogP contribution in [0.15, 0.2) is 42.0 Å². The van der Waals surface area contributed by atoms with E-state index in [4.69, 9.17) is 5.11 Å². The predicted octanol–water partition coefficient (Wildman–Crippen LogP) is 3.01. The average molecular weight is 276 g/mol. The summed E-state index contributed by atoms with van der Waals surface area (Å²) >= 11 is 1.57. The number of hydrogen-bond acceptors (Lipinski definition) is 4. The van der Waals surface area contributed by atoms with E-state index in [0.29, 0.717) is 0 Å². The summed E-state index contributed by atoms with van der Waals surface area (Å²) in [5, 5.41) is 14.3. The third-order valence-corrected chi connectivity index (χ3v) is 3.89. The summed E-state index contributed by atoms with van der Waals surface area (Å²) in [6.45, 7) is 2.01. The van der Waals surface area contributed by atoms with Crippen LogP contribution in [-0.2, 0) is 4.79 Å². The lowest BCUT2D eigenvalue weighted by Gasteiger charge is -2.21. The third kappa shape index (κ3) is 3.87. The van der Waals surface area contributed by atoms with Gasteiger partial charge >= 0.3 is 5.97 Å². The van der Waals surface area contributed by atoms with E-state index in [2.05, 4.69) is 10.3 Å². The van der Waals surface area contributed by atoms with Gasteiger partial charge in [0.25, 0.3) is 0 Å². The number of thiophene rings is 1. The van der Waals surface area contributed by atoms with Gasteiger partial charge < -0.3 is 10.4 Å². The summed E-state index contributed by atoms with van der Waals surface area (Å²) in [6.07, 6.45) is 3.60. The van der Waals surface area contributed by atoms with Crippen molar-refractivity contribution in [2.24, 2.45) is 0 Å². The molecular weight excluding hydrogens is 260 g/mol. The van der Waals surface area contributed by atoms with Gasteiger partial charge in [-0.3, -0.25) is 9.78 Å². The Labute approximate surface area is 116 Å². The minimum atomic E-state index is -0.802. The topological polar surface area (TPSA) is 62.2 Å². The monoisotopic (exact) mass is 276 g/mol. The van der Waals surface area contributed by atoms with Crippen LogP contribution < -0.4 is 5.32 Å². The van der Waals surface area contributed by atoms with Gasteiger partial charge in [0.05, 0.1) is 12.5 Å². The maximum absolute atomic E-state index is 11.0. The standard InChI is InChI=1S/C14H16N2O2S/c1-10(11-4-2-6-15-9-11)16-12(8-14(17)18)13-5-3-7-19-13/h2-7,9-10,12,16H,8H2,1H3,(H,17,18). The molecule has 0 fully saturated rings. The first-order valence-electron chi connectivity index (χ1n) is 6.08. The zero-order valence-corrected chi connectivity index (χ0v) is 11.4. The Morgan fingerprint density at radius 3 is 2.89 bits per heavy atom. The first-order chi connectivity index (χ1) is 9.16. The smallest absolute Gasteiger partial charge is 0.305 e. The Morgan fingerprint density at radius 2 is 2.32 bits per heavy atom. The van der Waals surface area contributed by atoms with Gasteiger partial charge in [0, 0.05) is 23.3 Å². The third-order valence-electron chi connectivity index (χ3n) is 2.90. The molecule has 5 heteroatoms. The maximum Gasteiger partial charge on any atom is 0.305 e. The van der Waals surface area contributed by atoms with Gasteiger partial charge in [-0.15, -0.1) is 11.3 Å². The summed E-state index contributed by atoms with van der Waals surface area (Å²) in [5.74, 6) is -0.802. The molecule has 2 aromatic rings. The number of aromatic nitrogens is 1. The number of carboxylic acids is 1. The summed E-state index contributed by atoms with van der Waals surface area (Å²) in [5.41, 5.74) is 1.05. The maximum atomic E-state index is 11.0. The lowest BCUT2D eigenvalue weighted by molar-refractivity contribution is -0.137. The summed E-state index contributed by atoms with van der Waals surface area (Å²) in [7, 11) is 0. The number of nitrogens with one attached hydrogen (secondary N) is 1. The van der Waals surface area contributed by atoms with Gasteiger partial charge in [-0.05, 0) is 30.0 Å². The highest BCUT2D eigenvalue weighted by atomic mass is 32.1. The first kappa shape index (κ1) is 13.7. The predicted molar refractivity (Wildman–Crippen MR) is 75.1 cm³/mol. The largest absolute Gasteiger partial charge is 0.481 e. The van der Waals surface area contributed by atoms with Crippen LogP contribution in [0, 0.1) is 0 Å². The molecule has 0 saturated heterocycles. The molecule has 2 N–H and O–H groups in total. The number of hydrogen-bond donors (Lipinski definition) is 2. The van der Waals surface area contributed by atoms with Crippen LogP contribution in [0.4, 0.5) is 0 Å². The van der Waals surface area contributed by atoms with Gasteiger partial charge in [0.15, 0.2) is 0 Å². The van der Waals surface area contributed by atoms with E-state index in [9.17, 15) is 4.79 Å². The highest BCUT2D eigenvalue weighted by Crippen LogP contribution is 2.25. The van der Waals surface area contributed by atoms with Crippen LogP contribution in [0.3, 0.4) is 0 Å². The zero-order valence-electron chi connectivity index (χ0n) is 10.6. The molecule has 4 nitrogen and oxygen atoms in total. The van der Waals surface area contributed by atoms with Crippen molar-refractivity contribution in [1.29, 1.82) is 0 Å². The van der Waals surface area contributed by atoms with Gasteiger partial charge in [0.2, 0.25) is 0 Å². The van der Waals surface area contributed by atoms with E-state index >= 15 is 0 Å². The quantitative estimate of drug-likeness (QED) is 0.851. The molecule has 0 radical (unpaired) electrons. The van der Waals surface area contributed by atoms with Gasteiger partial charge in [-0.25, -0.2) is 0 Å². The van der Waals surface area contributed by atoms with E-state index in [0.717, 1.165) is 10.4 Å². The van der Waals surface area contributed by atoms with Crippen LogP contribution in [-0.4, -0.2) is 16.1 Å². The lowest BCUT2D eigenvalue weighted by atomic mass is 10.1. The normalized spacial score (nSPS) is 13.9. The fourth-order valence-electron chi connectivity index (χ4n) is 1.94. The second-order valence-electron chi connectivity index (χ2n) is 4.34. The Bertz CT molecular complexity index is 514. The van der Waals surface area contributed by atoms with Crippen molar-refractivity contribution in [3.05, 3.63) is 52.5 Å². The van der Waals surface area contributed by atoms with Crippen molar-refractivity contribution in [3.8, 4) is 0 Å². The molecule has 100 valence electrons. The van der Waals surface area contributed by atoms with Crippen LogP contribution in [0.5, 0.6) is 0 Å². The Hall–Kier alpha value is -1.72. The van der Waals surface area contributed by atoms with Crippen molar-refractivity contribution in [1.82, 2.24) is 10.3 Å². The molecular formula is C14H16N2O2S. The highest BCUT2D eigenvalue weighted by Gasteiger charge is 2.19. The molecule has 2 unspecified atom stereocenters. The number of carbonyl (C=O) groups is 1. The number of aliphatic carboxylic acids is 1. The Morgan fingerprint density at radius 1 is 1.47 bits per heavy atom. The molecule has 2 atom stereocenters. The van der Waals surface area contributed by atoms with Crippen molar-refractivity contribution in [2.45, 2.75) is 25.4 Å².